The van der Waals surface area contributed by atoms with Crippen molar-refractivity contribution in [3.63, 3.8) is 0 Å². The van der Waals surface area contributed by atoms with Crippen molar-refractivity contribution in [3.05, 3.63) is 66.1 Å². The second-order valence-electron chi connectivity index (χ2n) is 4.21. The first kappa shape index (κ1) is 12.2. The number of nitrogens with zero attached hydrogens (tertiary/aromatic N) is 3. The van der Waals surface area contributed by atoms with E-state index in [2.05, 4.69) is 20.7 Å². The van der Waals surface area contributed by atoms with Gasteiger partial charge in [-0.3, -0.25) is 5.43 Å². The molecule has 3 rings (SSSR count). The summed E-state index contributed by atoms with van der Waals surface area (Å²) in [6, 6.07) is 13.9. The van der Waals surface area contributed by atoms with E-state index < -0.39 is 0 Å². The topological polar surface area (TPSA) is 50.2 Å². The van der Waals surface area contributed by atoms with Crippen LogP contribution >= 0.6 is 0 Å². The highest BCUT2D eigenvalue weighted by molar-refractivity contribution is 5.91. The van der Waals surface area contributed by atoms with Crippen LogP contribution < -0.4 is 5.43 Å². The molecule has 2 aromatic carbocycles. The third-order valence-corrected chi connectivity index (χ3v) is 2.80. The lowest BCUT2D eigenvalue weighted by Gasteiger charge is -2.02. The van der Waals surface area contributed by atoms with Gasteiger partial charge in [0.25, 0.3) is 0 Å². The average Bonchev–Trinajstić information content (AvgIpc) is 2.48. The van der Waals surface area contributed by atoms with Crippen molar-refractivity contribution in [2.24, 2.45) is 5.10 Å². The molecule has 0 spiro atoms. The smallest absolute Gasteiger partial charge is 0.176 e. The predicted molar refractivity (Wildman–Crippen MR) is 77.2 cm³/mol. The Kier molecular flexibility index (Phi) is 3.33. The average molecular weight is 266 g/mol. The summed E-state index contributed by atoms with van der Waals surface area (Å²) in [5.74, 6) is 0.273. The molecule has 0 unspecified atom stereocenters. The van der Waals surface area contributed by atoms with Crippen molar-refractivity contribution in [2.75, 3.05) is 5.43 Å². The van der Waals surface area contributed by atoms with Crippen molar-refractivity contribution in [2.45, 2.75) is 0 Å². The number of fused-ring (bicyclic) bond motifs is 1. The molecule has 0 saturated carbocycles. The molecule has 5 heteroatoms. The molecule has 3 aromatic rings. The number of nitrogens with one attached hydrogen (secondary N) is 1. The molecule has 0 atom stereocenters. The zero-order valence-corrected chi connectivity index (χ0v) is 10.5. The van der Waals surface area contributed by atoms with E-state index in [9.17, 15) is 4.39 Å². The van der Waals surface area contributed by atoms with E-state index >= 15 is 0 Å². The molecule has 98 valence electrons. The number of hydrogen-bond donors (Lipinski definition) is 1. The molecule has 0 amide bonds. The summed E-state index contributed by atoms with van der Waals surface area (Å²) in [5.41, 5.74) is 3.50. The van der Waals surface area contributed by atoms with Gasteiger partial charge in [0.05, 0.1) is 12.4 Å². The van der Waals surface area contributed by atoms with E-state index in [0.717, 1.165) is 10.8 Å². The summed E-state index contributed by atoms with van der Waals surface area (Å²) in [6.45, 7) is 0. The minimum absolute atomic E-state index is 0.293. The van der Waals surface area contributed by atoms with Gasteiger partial charge in [-0.05, 0) is 17.7 Å². The number of hydrazone groups is 1. The van der Waals surface area contributed by atoms with Gasteiger partial charge >= 0.3 is 0 Å². The number of halogens is 1. The van der Waals surface area contributed by atoms with Crippen LogP contribution in [0, 0.1) is 5.82 Å². The standard InChI is InChI=1S/C15H11FN4/c16-13-6-3-4-11(8-13)9-17-19-15-14-7-2-1-5-12(14)10-18-20-15/h1-10H,(H,19,20). The minimum Gasteiger partial charge on any atom is -0.259 e. The van der Waals surface area contributed by atoms with Gasteiger partial charge in [-0.25, -0.2) is 4.39 Å². The van der Waals surface area contributed by atoms with E-state index in [-0.39, 0.29) is 5.82 Å². The molecule has 0 fully saturated rings. The fraction of sp³-hybridized carbons (Fsp3) is 0. The van der Waals surface area contributed by atoms with Crippen LogP contribution in [-0.4, -0.2) is 16.4 Å². The summed E-state index contributed by atoms with van der Waals surface area (Å²) in [6.07, 6.45) is 3.23. The van der Waals surface area contributed by atoms with Crippen LogP contribution in [-0.2, 0) is 0 Å². The van der Waals surface area contributed by atoms with Crippen molar-refractivity contribution in [1.29, 1.82) is 0 Å². The largest absolute Gasteiger partial charge is 0.259 e. The van der Waals surface area contributed by atoms with E-state index in [0.29, 0.717) is 11.4 Å². The van der Waals surface area contributed by atoms with E-state index in [1.165, 1.54) is 18.3 Å². The maximum absolute atomic E-state index is 13.0. The minimum atomic E-state index is -0.293. The van der Waals surface area contributed by atoms with Crippen molar-refractivity contribution < 1.29 is 4.39 Å². The van der Waals surface area contributed by atoms with Crippen LogP contribution in [0.15, 0.2) is 59.8 Å². The summed E-state index contributed by atoms with van der Waals surface area (Å²) in [4.78, 5) is 0. The molecule has 0 saturated heterocycles. The maximum Gasteiger partial charge on any atom is 0.176 e. The molecular weight excluding hydrogens is 255 g/mol. The normalized spacial score (nSPS) is 11.1. The molecule has 1 N–H and O–H groups in total. The van der Waals surface area contributed by atoms with Crippen LogP contribution in [0.2, 0.25) is 0 Å². The lowest BCUT2D eigenvalue weighted by Crippen LogP contribution is -1.96. The first-order valence-electron chi connectivity index (χ1n) is 6.08. The van der Waals surface area contributed by atoms with E-state index in [4.69, 9.17) is 0 Å². The number of hydrogen-bond acceptors (Lipinski definition) is 4. The van der Waals surface area contributed by atoms with E-state index in [1.807, 2.05) is 24.3 Å². The van der Waals surface area contributed by atoms with Crippen LogP contribution in [0.3, 0.4) is 0 Å². The first-order valence-corrected chi connectivity index (χ1v) is 6.08. The third kappa shape index (κ3) is 2.61. The van der Waals surface area contributed by atoms with Crippen LogP contribution in [0.1, 0.15) is 5.56 Å². The SMILES string of the molecule is Fc1cccc(C=NNc2nncc3ccccc23)c1. The Morgan fingerprint density at radius 3 is 2.90 bits per heavy atom. The lowest BCUT2D eigenvalue weighted by molar-refractivity contribution is 0.627. The highest BCUT2D eigenvalue weighted by atomic mass is 19.1. The van der Waals surface area contributed by atoms with Crippen molar-refractivity contribution >= 4 is 22.8 Å². The molecule has 20 heavy (non-hydrogen) atoms. The zero-order valence-electron chi connectivity index (χ0n) is 10.5. The monoisotopic (exact) mass is 266 g/mol. The summed E-state index contributed by atoms with van der Waals surface area (Å²) < 4.78 is 13.0. The summed E-state index contributed by atoms with van der Waals surface area (Å²) in [5, 5.41) is 13.9. The molecule has 1 heterocycles. The number of benzene rings is 2. The Morgan fingerprint density at radius 1 is 1.10 bits per heavy atom. The van der Waals surface area contributed by atoms with Crippen LogP contribution in [0.25, 0.3) is 10.8 Å². The number of rotatable bonds is 3. The molecule has 0 radical (unpaired) electrons. The highest BCUT2D eigenvalue weighted by Gasteiger charge is 2.00. The zero-order chi connectivity index (χ0) is 13.8. The Bertz CT molecular complexity index is 765. The third-order valence-electron chi connectivity index (χ3n) is 2.80. The quantitative estimate of drug-likeness (QED) is 0.585. The summed E-state index contributed by atoms with van der Waals surface area (Å²) in [7, 11) is 0. The summed E-state index contributed by atoms with van der Waals surface area (Å²) >= 11 is 0. The molecule has 1 aromatic heterocycles. The Balaban J connectivity index is 1.84. The van der Waals surface area contributed by atoms with Crippen molar-refractivity contribution in [1.82, 2.24) is 10.2 Å². The Morgan fingerprint density at radius 2 is 2.00 bits per heavy atom. The van der Waals surface area contributed by atoms with Crippen LogP contribution in [0.4, 0.5) is 10.2 Å². The van der Waals surface area contributed by atoms with Gasteiger partial charge in [0.2, 0.25) is 0 Å². The number of anilines is 1. The molecule has 4 nitrogen and oxygen atoms in total. The fourth-order valence-corrected chi connectivity index (χ4v) is 1.87. The highest BCUT2D eigenvalue weighted by Crippen LogP contribution is 2.18. The molecule has 0 bridgehead atoms. The molecular formula is C15H11FN4. The fourth-order valence-electron chi connectivity index (χ4n) is 1.87. The van der Waals surface area contributed by atoms with E-state index in [1.54, 1.807) is 18.3 Å². The van der Waals surface area contributed by atoms with Gasteiger partial charge in [-0.15, -0.1) is 5.10 Å². The van der Waals surface area contributed by atoms with Crippen LogP contribution in [0.5, 0.6) is 0 Å². The van der Waals surface area contributed by atoms with Crippen molar-refractivity contribution in [3.8, 4) is 0 Å². The van der Waals surface area contributed by atoms with Gasteiger partial charge < -0.3 is 0 Å². The maximum atomic E-state index is 13.0. The Labute approximate surface area is 115 Å². The predicted octanol–water partition coefficient (Wildman–Crippen LogP) is 3.21. The van der Waals surface area contributed by atoms with Gasteiger partial charge in [0.1, 0.15) is 5.82 Å². The lowest BCUT2D eigenvalue weighted by atomic mass is 10.2. The molecule has 0 aliphatic rings. The van der Waals surface area contributed by atoms with Gasteiger partial charge in [-0.1, -0.05) is 36.4 Å². The number of aromatic nitrogens is 2. The van der Waals surface area contributed by atoms with Gasteiger partial charge in [-0.2, -0.15) is 10.2 Å². The Hall–Kier alpha value is -2.82. The first-order chi connectivity index (χ1) is 9.83. The second kappa shape index (κ2) is 5.44. The van der Waals surface area contributed by atoms with Gasteiger partial charge in [0.15, 0.2) is 5.82 Å². The second-order valence-corrected chi connectivity index (χ2v) is 4.21. The van der Waals surface area contributed by atoms with Gasteiger partial charge in [0, 0.05) is 10.8 Å². The molecule has 0 aliphatic heterocycles. The molecule has 0 aliphatic carbocycles.